The van der Waals surface area contributed by atoms with Gasteiger partial charge in [0.15, 0.2) is 0 Å². The van der Waals surface area contributed by atoms with Gasteiger partial charge in [-0.25, -0.2) is 0 Å². The molecule has 0 unspecified atom stereocenters. The van der Waals surface area contributed by atoms with Gasteiger partial charge in [0, 0.05) is 49.6 Å². The van der Waals surface area contributed by atoms with Crippen molar-refractivity contribution in [1.82, 2.24) is 10.3 Å². The van der Waals surface area contributed by atoms with E-state index in [0.717, 1.165) is 55.4 Å². The van der Waals surface area contributed by atoms with E-state index in [4.69, 9.17) is 11.6 Å². The van der Waals surface area contributed by atoms with Crippen molar-refractivity contribution >= 4 is 28.9 Å². The number of nitrogens with one attached hydrogen (secondary N) is 1. The Morgan fingerprint density at radius 3 is 2.54 bits per heavy atom. The first-order valence-electron chi connectivity index (χ1n) is 9.16. The number of carbonyl (C=O) groups is 1. The Labute approximate surface area is 160 Å². The Bertz CT molecular complexity index is 744. The van der Waals surface area contributed by atoms with Crippen LogP contribution in [-0.4, -0.2) is 43.6 Å². The van der Waals surface area contributed by atoms with Crippen molar-refractivity contribution in [1.29, 1.82) is 0 Å². The quantitative estimate of drug-likeness (QED) is 0.787. The van der Waals surface area contributed by atoms with Crippen LogP contribution >= 0.6 is 11.6 Å². The Kier molecular flexibility index (Phi) is 6.34. The highest BCUT2D eigenvalue weighted by atomic mass is 35.5. The SMILES string of the molecule is CCCCNC(=O)c1cncc(N2CCN(c3cccc(Cl)c3)CC2)c1. The van der Waals surface area contributed by atoms with E-state index in [1.807, 2.05) is 30.5 Å². The van der Waals surface area contributed by atoms with Gasteiger partial charge < -0.3 is 15.1 Å². The Morgan fingerprint density at radius 2 is 1.85 bits per heavy atom. The first kappa shape index (κ1) is 18.5. The molecule has 2 heterocycles. The van der Waals surface area contributed by atoms with E-state index in [0.29, 0.717) is 12.1 Å². The first-order valence-corrected chi connectivity index (χ1v) is 9.54. The van der Waals surface area contributed by atoms with E-state index < -0.39 is 0 Å². The van der Waals surface area contributed by atoms with Gasteiger partial charge in [-0.3, -0.25) is 9.78 Å². The molecule has 26 heavy (non-hydrogen) atoms. The van der Waals surface area contributed by atoms with Crippen molar-refractivity contribution in [3.8, 4) is 0 Å². The van der Waals surface area contributed by atoms with Crippen molar-refractivity contribution in [3.05, 3.63) is 53.3 Å². The Morgan fingerprint density at radius 1 is 1.12 bits per heavy atom. The van der Waals surface area contributed by atoms with E-state index in [9.17, 15) is 4.79 Å². The summed E-state index contributed by atoms with van der Waals surface area (Å²) in [5.41, 5.74) is 2.77. The average molecular weight is 373 g/mol. The highest BCUT2D eigenvalue weighted by Gasteiger charge is 2.19. The molecular formula is C20H25ClN4O. The lowest BCUT2D eigenvalue weighted by Gasteiger charge is -2.37. The van der Waals surface area contributed by atoms with Crippen molar-refractivity contribution in [2.24, 2.45) is 0 Å². The first-order chi connectivity index (χ1) is 12.7. The van der Waals surface area contributed by atoms with Crippen molar-refractivity contribution in [2.75, 3.05) is 42.5 Å². The molecule has 1 aliphatic rings. The summed E-state index contributed by atoms with van der Waals surface area (Å²) in [7, 11) is 0. The third-order valence-corrected chi connectivity index (χ3v) is 4.86. The Hall–Kier alpha value is -2.27. The van der Waals surface area contributed by atoms with E-state index >= 15 is 0 Å². The summed E-state index contributed by atoms with van der Waals surface area (Å²) < 4.78 is 0. The number of rotatable bonds is 6. The zero-order valence-corrected chi connectivity index (χ0v) is 15.9. The van der Waals surface area contributed by atoms with Crippen LogP contribution in [0.2, 0.25) is 5.02 Å². The van der Waals surface area contributed by atoms with Crippen LogP contribution in [0, 0.1) is 0 Å². The molecule has 0 aliphatic carbocycles. The number of benzene rings is 1. The van der Waals surface area contributed by atoms with Gasteiger partial charge in [0.2, 0.25) is 0 Å². The monoisotopic (exact) mass is 372 g/mol. The molecule has 1 N–H and O–H groups in total. The second-order valence-electron chi connectivity index (χ2n) is 6.50. The molecule has 2 aromatic rings. The van der Waals surface area contributed by atoms with Crippen LogP contribution in [-0.2, 0) is 0 Å². The largest absolute Gasteiger partial charge is 0.368 e. The van der Waals surface area contributed by atoms with Crippen LogP contribution in [0.4, 0.5) is 11.4 Å². The number of carbonyl (C=O) groups excluding carboxylic acids is 1. The van der Waals surface area contributed by atoms with Gasteiger partial charge in [0.1, 0.15) is 0 Å². The van der Waals surface area contributed by atoms with Crippen LogP contribution < -0.4 is 15.1 Å². The van der Waals surface area contributed by atoms with E-state index in [2.05, 4.69) is 33.1 Å². The number of amides is 1. The highest BCUT2D eigenvalue weighted by Crippen LogP contribution is 2.23. The fraction of sp³-hybridized carbons (Fsp3) is 0.400. The molecule has 1 fully saturated rings. The highest BCUT2D eigenvalue weighted by molar-refractivity contribution is 6.30. The molecule has 0 bridgehead atoms. The molecule has 1 aliphatic heterocycles. The van der Waals surface area contributed by atoms with E-state index in [-0.39, 0.29) is 5.91 Å². The molecule has 1 amide bonds. The number of anilines is 2. The molecule has 3 rings (SSSR count). The number of pyridine rings is 1. The van der Waals surface area contributed by atoms with Gasteiger partial charge in [-0.1, -0.05) is 31.0 Å². The second-order valence-corrected chi connectivity index (χ2v) is 6.93. The van der Waals surface area contributed by atoms with Crippen LogP contribution in [0.25, 0.3) is 0 Å². The van der Waals surface area contributed by atoms with Crippen LogP contribution in [0.5, 0.6) is 0 Å². The number of halogens is 1. The van der Waals surface area contributed by atoms with Gasteiger partial charge >= 0.3 is 0 Å². The molecule has 1 saturated heterocycles. The van der Waals surface area contributed by atoms with Gasteiger partial charge in [0.05, 0.1) is 17.4 Å². The number of hydrogen-bond acceptors (Lipinski definition) is 4. The smallest absolute Gasteiger partial charge is 0.252 e. The maximum Gasteiger partial charge on any atom is 0.252 e. The average Bonchev–Trinajstić information content (AvgIpc) is 2.68. The molecule has 0 atom stereocenters. The number of hydrogen-bond donors (Lipinski definition) is 1. The lowest BCUT2D eigenvalue weighted by molar-refractivity contribution is 0.0953. The summed E-state index contributed by atoms with van der Waals surface area (Å²) in [5.74, 6) is -0.0506. The fourth-order valence-corrected chi connectivity index (χ4v) is 3.29. The predicted molar refractivity (Wildman–Crippen MR) is 107 cm³/mol. The molecule has 1 aromatic carbocycles. The standard InChI is InChI=1S/C20H25ClN4O/c1-2-3-7-23-20(26)16-12-19(15-22-14-16)25-10-8-24(9-11-25)18-6-4-5-17(21)13-18/h4-6,12-15H,2-3,7-11H2,1H3,(H,23,26). The van der Waals surface area contributed by atoms with Gasteiger partial charge in [-0.05, 0) is 30.7 Å². The number of nitrogens with zero attached hydrogens (tertiary/aromatic N) is 3. The minimum atomic E-state index is -0.0506. The fourth-order valence-electron chi connectivity index (χ4n) is 3.10. The molecule has 0 spiro atoms. The van der Waals surface area contributed by atoms with Gasteiger partial charge in [-0.2, -0.15) is 0 Å². The number of aromatic nitrogens is 1. The molecular weight excluding hydrogens is 348 g/mol. The minimum Gasteiger partial charge on any atom is -0.368 e. The molecule has 138 valence electrons. The maximum absolute atomic E-state index is 12.2. The van der Waals surface area contributed by atoms with Crippen LogP contribution in [0.1, 0.15) is 30.1 Å². The zero-order chi connectivity index (χ0) is 18.4. The molecule has 0 saturated carbocycles. The Balaban J connectivity index is 1.61. The lowest BCUT2D eigenvalue weighted by Crippen LogP contribution is -2.46. The lowest BCUT2D eigenvalue weighted by atomic mass is 10.2. The van der Waals surface area contributed by atoms with E-state index in [1.165, 1.54) is 0 Å². The zero-order valence-electron chi connectivity index (χ0n) is 15.1. The summed E-state index contributed by atoms with van der Waals surface area (Å²) in [4.78, 5) is 21.1. The summed E-state index contributed by atoms with van der Waals surface area (Å²) in [6.45, 7) is 6.40. The number of unbranched alkanes of at least 4 members (excludes halogenated alkanes) is 1. The summed E-state index contributed by atoms with van der Waals surface area (Å²) in [5, 5.41) is 3.71. The molecule has 1 aromatic heterocycles. The van der Waals surface area contributed by atoms with Crippen molar-refractivity contribution in [2.45, 2.75) is 19.8 Å². The van der Waals surface area contributed by atoms with Crippen molar-refractivity contribution in [3.63, 3.8) is 0 Å². The number of piperazine rings is 1. The maximum atomic E-state index is 12.2. The second kappa shape index (κ2) is 8.90. The topological polar surface area (TPSA) is 48.5 Å². The summed E-state index contributed by atoms with van der Waals surface area (Å²) >= 11 is 6.10. The summed E-state index contributed by atoms with van der Waals surface area (Å²) in [6.07, 6.45) is 5.52. The molecule has 6 heteroatoms. The van der Waals surface area contributed by atoms with Crippen LogP contribution in [0.15, 0.2) is 42.7 Å². The third-order valence-electron chi connectivity index (χ3n) is 4.62. The predicted octanol–water partition coefficient (Wildman–Crippen LogP) is 3.59. The van der Waals surface area contributed by atoms with Crippen molar-refractivity contribution < 1.29 is 4.79 Å². The van der Waals surface area contributed by atoms with E-state index in [1.54, 1.807) is 6.20 Å². The van der Waals surface area contributed by atoms with Crippen LogP contribution in [0.3, 0.4) is 0 Å². The molecule has 5 nitrogen and oxygen atoms in total. The van der Waals surface area contributed by atoms with Gasteiger partial charge in [-0.15, -0.1) is 0 Å². The third kappa shape index (κ3) is 4.67. The van der Waals surface area contributed by atoms with Gasteiger partial charge in [0.25, 0.3) is 5.91 Å². The minimum absolute atomic E-state index is 0.0506. The summed E-state index contributed by atoms with van der Waals surface area (Å²) in [6, 6.07) is 9.90. The molecule has 0 radical (unpaired) electrons. The normalized spacial score (nSPS) is 14.4.